The number of hydrogen-bond acceptors (Lipinski definition) is 5. The van der Waals surface area contributed by atoms with E-state index in [-0.39, 0.29) is 5.91 Å². The zero-order valence-electron chi connectivity index (χ0n) is 17.4. The van der Waals surface area contributed by atoms with Crippen molar-refractivity contribution in [2.75, 3.05) is 13.7 Å². The highest BCUT2D eigenvalue weighted by molar-refractivity contribution is 5.91. The minimum atomic E-state index is -0.392. The Balaban J connectivity index is 1.44. The molecule has 0 saturated heterocycles. The minimum absolute atomic E-state index is 0.215. The van der Waals surface area contributed by atoms with Crippen molar-refractivity contribution in [3.05, 3.63) is 53.7 Å². The van der Waals surface area contributed by atoms with Crippen molar-refractivity contribution in [3.8, 4) is 17.1 Å². The van der Waals surface area contributed by atoms with Crippen LogP contribution in [0.25, 0.3) is 11.4 Å². The fraction of sp³-hybridized carbons (Fsp3) is 0.435. The molecule has 2 aliphatic rings. The average molecular weight is 406 g/mol. The van der Waals surface area contributed by atoms with Crippen molar-refractivity contribution >= 4 is 5.91 Å². The lowest BCUT2D eigenvalue weighted by atomic mass is 9.92. The van der Waals surface area contributed by atoms with Crippen LogP contribution in [-0.2, 0) is 29.7 Å². The maximum atomic E-state index is 13.6. The second kappa shape index (κ2) is 7.31. The van der Waals surface area contributed by atoms with E-state index in [1.165, 1.54) is 12.1 Å². The molecule has 1 amide bonds. The minimum Gasteiger partial charge on any atom is -0.497 e. The van der Waals surface area contributed by atoms with Crippen LogP contribution in [0.3, 0.4) is 0 Å². The highest BCUT2D eigenvalue weighted by atomic mass is 16.5. The van der Waals surface area contributed by atoms with E-state index in [9.17, 15) is 4.79 Å². The van der Waals surface area contributed by atoms with Gasteiger partial charge in [0.05, 0.1) is 12.5 Å². The second-order valence-electron chi connectivity index (χ2n) is 8.16. The third-order valence-corrected chi connectivity index (χ3v) is 6.33. The molecular weight excluding hydrogens is 380 g/mol. The van der Waals surface area contributed by atoms with Crippen molar-refractivity contribution in [2.45, 2.75) is 51.1 Å². The van der Waals surface area contributed by atoms with Gasteiger partial charge in [0, 0.05) is 37.3 Å². The van der Waals surface area contributed by atoms with Crippen LogP contribution >= 0.6 is 0 Å². The smallest absolute Gasteiger partial charge is 0.233 e. The molecule has 156 valence electrons. The summed E-state index contributed by atoms with van der Waals surface area (Å²) in [7, 11) is 1.66. The molecule has 1 aromatic carbocycles. The Morgan fingerprint density at radius 2 is 2.07 bits per heavy atom. The molecule has 0 radical (unpaired) electrons. The van der Waals surface area contributed by atoms with Gasteiger partial charge < -0.3 is 14.1 Å². The van der Waals surface area contributed by atoms with Gasteiger partial charge in [0.1, 0.15) is 23.4 Å². The third-order valence-electron chi connectivity index (χ3n) is 6.33. The van der Waals surface area contributed by atoms with Crippen molar-refractivity contribution in [1.29, 1.82) is 0 Å². The molecule has 7 nitrogen and oxygen atoms in total. The summed E-state index contributed by atoms with van der Waals surface area (Å²) in [6, 6.07) is 7.93. The molecule has 0 unspecified atom stereocenters. The van der Waals surface area contributed by atoms with Gasteiger partial charge in [0.2, 0.25) is 5.91 Å². The summed E-state index contributed by atoms with van der Waals surface area (Å²) >= 11 is 0. The molecule has 30 heavy (non-hydrogen) atoms. The summed E-state index contributed by atoms with van der Waals surface area (Å²) in [5, 5.41) is 4.82. The molecule has 0 atom stereocenters. The number of hydrogen-bond donors (Lipinski definition) is 0. The number of aromatic nitrogens is 3. The van der Waals surface area contributed by atoms with E-state index in [2.05, 4.69) is 16.6 Å². The molecule has 0 spiro atoms. The quantitative estimate of drug-likeness (QED) is 0.626. The van der Waals surface area contributed by atoms with Crippen LogP contribution < -0.4 is 4.74 Å². The number of amides is 1. The molecule has 1 fully saturated rings. The normalized spacial score (nSPS) is 16.9. The van der Waals surface area contributed by atoms with E-state index in [1.54, 1.807) is 13.4 Å². The van der Waals surface area contributed by atoms with Crippen LogP contribution in [0.1, 0.15) is 43.0 Å². The van der Waals surface area contributed by atoms with E-state index in [0.717, 1.165) is 67.0 Å². The number of methoxy groups -OCH3 is 1. The maximum Gasteiger partial charge on any atom is 0.233 e. The molecule has 2 aromatic heterocycles. The van der Waals surface area contributed by atoms with Crippen molar-refractivity contribution < 1.29 is 13.9 Å². The first-order valence-corrected chi connectivity index (χ1v) is 10.6. The molecule has 0 bridgehead atoms. The van der Waals surface area contributed by atoms with Crippen LogP contribution in [0.15, 0.2) is 41.3 Å². The van der Waals surface area contributed by atoms with Gasteiger partial charge in [0.15, 0.2) is 6.39 Å². The van der Waals surface area contributed by atoms with Crippen LogP contribution in [-0.4, -0.2) is 39.2 Å². The Hall–Kier alpha value is -3.09. The predicted molar refractivity (Wildman–Crippen MR) is 111 cm³/mol. The van der Waals surface area contributed by atoms with Gasteiger partial charge in [-0.2, -0.15) is 5.10 Å². The lowest BCUT2D eigenvalue weighted by molar-refractivity contribution is -0.134. The van der Waals surface area contributed by atoms with E-state index in [0.29, 0.717) is 6.54 Å². The number of carbonyl (C=O) groups excluding carboxylic acids is 1. The Labute approximate surface area is 175 Å². The van der Waals surface area contributed by atoms with Gasteiger partial charge in [-0.1, -0.05) is 19.1 Å². The van der Waals surface area contributed by atoms with Gasteiger partial charge in [-0.05, 0) is 37.0 Å². The maximum absolute atomic E-state index is 13.6. The number of nitrogens with zero attached hydrogens (tertiary/aromatic N) is 4. The fourth-order valence-corrected chi connectivity index (χ4v) is 4.56. The summed E-state index contributed by atoms with van der Waals surface area (Å²) in [5.74, 6) is 1.03. The van der Waals surface area contributed by atoms with Crippen LogP contribution in [0.2, 0.25) is 0 Å². The average Bonchev–Trinajstić information content (AvgIpc) is 3.26. The lowest BCUT2D eigenvalue weighted by Gasteiger charge is -2.31. The zero-order chi connectivity index (χ0) is 20.7. The molecule has 3 heterocycles. The number of fused-ring (bicyclic) bond motifs is 1. The first-order chi connectivity index (χ1) is 14.7. The Morgan fingerprint density at radius 3 is 2.70 bits per heavy atom. The van der Waals surface area contributed by atoms with Crippen LogP contribution in [0.5, 0.6) is 5.75 Å². The monoisotopic (exact) mass is 406 g/mol. The van der Waals surface area contributed by atoms with Gasteiger partial charge in [-0.3, -0.25) is 9.48 Å². The molecule has 0 N–H and O–H groups in total. The molecule has 1 aliphatic carbocycles. The van der Waals surface area contributed by atoms with Crippen molar-refractivity contribution in [2.24, 2.45) is 0 Å². The Bertz CT molecular complexity index is 1050. The number of aryl methyl sites for hydroxylation is 1. The van der Waals surface area contributed by atoms with E-state index in [1.807, 2.05) is 29.2 Å². The first-order valence-electron chi connectivity index (χ1n) is 10.6. The number of benzene rings is 1. The van der Waals surface area contributed by atoms with E-state index in [4.69, 9.17) is 14.3 Å². The SMILES string of the molecule is CCCn1nc(-c2cocn2)c2c1CCN(C(=O)C1(c3ccc(OC)cc3)CC1)C2. The summed E-state index contributed by atoms with van der Waals surface area (Å²) in [5.41, 5.74) is 4.57. The first kappa shape index (κ1) is 18.9. The highest BCUT2D eigenvalue weighted by Crippen LogP contribution is 2.50. The summed E-state index contributed by atoms with van der Waals surface area (Å²) < 4.78 is 12.5. The summed E-state index contributed by atoms with van der Waals surface area (Å²) in [4.78, 5) is 19.9. The third kappa shape index (κ3) is 3.00. The van der Waals surface area contributed by atoms with Crippen LogP contribution in [0, 0.1) is 0 Å². The standard InChI is InChI=1S/C23H26N4O3/c1-3-11-27-20-8-12-26(13-18(20)21(25-27)19-14-30-15-24-19)22(28)23(9-10-23)16-4-6-17(29-2)7-5-16/h4-7,14-15H,3,8-13H2,1-2H3. The second-order valence-corrected chi connectivity index (χ2v) is 8.16. The number of ether oxygens (including phenoxy) is 1. The zero-order valence-corrected chi connectivity index (χ0v) is 17.4. The van der Waals surface area contributed by atoms with Gasteiger partial charge in [-0.25, -0.2) is 4.98 Å². The number of oxazole rings is 1. The molecule has 7 heteroatoms. The van der Waals surface area contributed by atoms with Crippen LogP contribution in [0.4, 0.5) is 0 Å². The Kier molecular flexibility index (Phi) is 4.60. The topological polar surface area (TPSA) is 73.4 Å². The molecule has 3 aromatic rings. The van der Waals surface area contributed by atoms with Crippen molar-refractivity contribution in [1.82, 2.24) is 19.7 Å². The predicted octanol–water partition coefficient (Wildman–Crippen LogP) is 3.57. The Morgan fingerprint density at radius 1 is 1.27 bits per heavy atom. The number of rotatable bonds is 6. The molecule has 1 saturated carbocycles. The van der Waals surface area contributed by atoms with Crippen molar-refractivity contribution in [3.63, 3.8) is 0 Å². The fourth-order valence-electron chi connectivity index (χ4n) is 4.56. The van der Waals surface area contributed by atoms with Gasteiger partial charge >= 0.3 is 0 Å². The van der Waals surface area contributed by atoms with E-state index < -0.39 is 5.41 Å². The molecule has 5 rings (SSSR count). The lowest BCUT2D eigenvalue weighted by Crippen LogP contribution is -2.42. The number of carbonyl (C=O) groups is 1. The largest absolute Gasteiger partial charge is 0.497 e. The summed E-state index contributed by atoms with van der Waals surface area (Å²) in [6.07, 6.45) is 6.66. The van der Waals surface area contributed by atoms with Gasteiger partial charge in [-0.15, -0.1) is 0 Å². The molecule has 1 aliphatic heterocycles. The highest BCUT2D eigenvalue weighted by Gasteiger charge is 2.53. The summed E-state index contributed by atoms with van der Waals surface area (Å²) in [6.45, 7) is 4.30. The van der Waals surface area contributed by atoms with Gasteiger partial charge in [0.25, 0.3) is 0 Å². The van der Waals surface area contributed by atoms with E-state index >= 15 is 0 Å². The molecular formula is C23H26N4O3.